The minimum absolute atomic E-state index is 0.152. The van der Waals surface area contributed by atoms with Crippen molar-refractivity contribution in [1.82, 2.24) is 0 Å². The Kier molecular flexibility index (Phi) is 5.33. The minimum atomic E-state index is -2.04. The van der Waals surface area contributed by atoms with Crippen LogP contribution in [0, 0.1) is 0 Å². The molecule has 0 aromatic heterocycles. The van der Waals surface area contributed by atoms with E-state index in [2.05, 4.69) is 4.74 Å². The zero-order valence-electron chi connectivity index (χ0n) is 7.60. The maximum absolute atomic E-state index is 11.2. The Bertz CT molecular complexity index is 182. The molecule has 5 heteroatoms. The number of Topliss-reactive ketones (excluding diaryl/α,β-unsaturated/α-hetero) is 1. The van der Waals surface area contributed by atoms with Gasteiger partial charge < -0.3 is 4.74 Å². The highest BCUT2D eigenvalue weighted by atomic mass is 35.5. The topological polar surface area (TPSA) is 43.4 Å². The fourth-order valence-corrected chi connectivity index (χ4v) is 1.02. The largest absolute Gasteiger partial charge is 0.463 e. The number of hydrogen-bond donors (Lipinski definition) is 0. The molecular formula is C8H12Cl2O3. The third-order valence-corrected chi connectivity index (χ3v) is 2.09. The number of hydrogen-bond acceptors (Lipinski definition) is 3. The Morgan fingerprint density at radius 1 is 1.31 bits per heavy atom. The first-order valence-corrected chi connectivity index (χ1v) is 4.80. The van der Waals surface area contributed by atoms with Gasteiger partial charge in [0, 0.05) is 6.42 Å². The van der Waals surface area contributed by atoms with E-state index in [-0.39, 0.29) is 13.0 Å². The van der Waals surface area contributed by atoms with Gasteiger partial charge in [-0.3, -0.25) is 4.79 Å². The molecule has 0 saturated carbocycles. The van der Waals surface area contributed by atoms with E-state index in [1.54, 1.807) is 13.8 Å². The van der Waals surface area contributed by atoms with E-state index in [0.717, 1.165) is 0 Å². The molecule has 3 nitrogen and oxygen atoms in total. The lowest BCUT2D eigenvalue weighted by atomic mass is 10.2. The van der Waals surface area contributed by atoms with Crippen molar-refractivity contribution in [3.8, 4) is 0 Å². The molecule has 0 N–H and O–H groups in total. The molecule has 0 atom stereocenters. The monoisotopic (exact) mass is 226 g/mol. The average molecular weight is 227 g/mol. The van der Waals surface area contributed by atoms with Gasteiger partial charge in [-0.25, -0.2) is 4.79 Å². The van der Waals surface area contributed by atoms with Crippen molar-refractivity contribution in [2.75, 3.05) is 6.61 Å². The standard InChI is InChI=1S/C8H12Cl2O3/c1-3-5-6(11)8(9,10)7(12)13-4-2/h3-5H2,1-2H3. The van der Waals surface area contributed by atoms with Crippen molar-refractivity contribution < 1.29 is 14.3 Å². The molecule has 0 aliphatic heterocycles. The van der Waals surface area contributed by atoms with Crippen molar-refractivity contribution in [3.05, 3.63) is 0 Å². The zero-order chi connectivity index (χ0) is 10.5. The van der Waals surface area contributed by atoms with Crippen LogP contribution in [0.25, 0.3) is 0 Å². The van der Waals surface area contributed by atoms with Gasteiger partial charge >= 0.3 is 5.97 Å². The highest BCUT2D eigenvalue weighted by Gasteiger charge is 2.42. The molecule has 0 aromatic carbocycles. The first-order chi connectivity index (χ1) is 5.96. The lowest BCUT2D eigenvalue weighted by Gasteiger charge is -2.15. The van der Waals surface area contributed by atoms with E-state index in [4.69, 9.17) is 23.2 Å². The number of carbonyl (C=O) groups excluding carboxylic acids is 2. The molecule has 0 rings (SSSR count). The van der Waals surface area contributed by atoms with Gasteiger partial charge in [0.25, 0.3) is 4.33 Å². The van der Waals surface area contributed by atoms with Crippen LogP contribution in [0.15, 0.2) is 0 Å². The molecule has 13 heavy (non-hydrogen) atoms. The van der Waals surface area contributed by atoms with Crippen LogP contribution in [0.3, 0.4) is 0 Å². The quantitative estimate of drug-likeness (QED) is 0.410. The molecule has 0 fully saturated rings. The first kappa shape index (κ1) is 12.7. The van der Waals surface area contributed by atoms with Crippen LogP contribution < -0.4 is 0 Å². The van der Waals surface area contributed by atoms with Crippen molar-refractivity contribution in [2.24, 2.45) is 0 Å². The molecule has 0 radical (unpaired) electrons. The number of ether oxygens (including phenoxy) is 1. The molecule has 0 heterocycles. The molecule has 0 unspecified atom stereocenters. The molecule has 0 amide bonds. The summed E-state index contributed by atoms with van der Waals surface area (Å²) in [5, 5.41) is 0. The second-order valence-corrected chi connectivity index (χ2v) is 3.80. The third-order valence-electron chi connectivity index (χ3n) is 1.36. The summed E-state index contributed by atoms with van der Waals surface area (Å²) in [6.45, 7) is 3.57. The predicted molar refractivity (Wildman–Crippen MR) is 51.0 cm³/mol. The van der Waals surface area contributed by atoms with Crippen LogP contribution in [0.1, 0.15) is 26.7 Å². The summed E-state index contributed by atoms with van der Waals surface area (Å²) in [5.74, 6) is -1.41. The van der Waals surface area contributed by atoms with Crippen molar-refractivity contribution in [3.63, 3.8) is 0 Å². The normalized spacial score (nSPS) is 11.1. The highest BCUT2D eigenvalue weighted by molar-refractivity contribution is 6.67. The zero-order valence-corrected chi connectivity index (χ0v) is 9.11. The number of esters is 1. The van der Waals surface area contributed by atoms with Gasteiger partial charge in [-0.2, -0.15) is 0 Å². The fraction of sp³-hybridized carbons (Fsp3) is 0.750. The van der Waals surface area contributed by atoms with Crippen molar-refractivity contribution >= 4 is 35.0 Å². The van der Waals surface area contributed by atoms with Gasteiger partial charge in [-0.05, 0) is 13.3 Å². The summed E-state index contributed by atoms with van der Waals surface area (Å²) >= 11 is 11.1. The minimum Gasteiger partial charge on any atom is -0.463 e. The molecule has 0 saturated heterocycles. The Balaban J connectivity index is 4.36. The van der Waals surface area contributed by atoms with E-state index in [1.807, 2.05) is 0 Å². The van der Waals surface area contributed by atoms with Crippen LogP contribution in [-0.4, -0.2) is 22.7 Å². The second-order valence-electron chi connectivity index (χ2n) is 2.47. The van der Waals surface area contributed by atoms with E-state index in [1.165, 1.54) is 0 Å². The summed E-state index contributed by atoms with van der Waals surface area (Å²) in [4.78, 5) is 22.3. The Morgan fingerprint density at radius 2 is 1.85 bits per heavy atom. The molecule has 76 valence electrons. The molecule has 0 aliphatic rings. The SMILES string of the molecule is CCCC(=O)C(Cl)(Cl)C(=O)OCC. The smallest absolute Gasteiger partial charge is 0.350 e. The maximum Gasteiger partial charge on any atom is 0.350 e. The molecule has 0 aliphatic carbocycles. The second kappa shape index (κ2) is 5.45. The van der Waals surface area contributed by atoms with Gasteiger partial charge in [-0.15, -0.1) is 0 Å². The van der Waals surface area contributed by atoms with Crippen LogP contribution in [0.4, 0.5) is 0 Å². The van der Waals surface area contributed by atoms with Crippen LogP contribution in [0.5, 0.6) is 0 Å². The number of ketones is 1. The van der Waals surface area contributed by atoms with Crippen LogP contribution in [-0.2, 0) is 14.3 Å². The molecule has 0 bridgehead atoms. The Hall–Kier alpha value is -0.280. The van der Waals surface area contributed by atoms with Crippen molar-refractivity contribution in [1.29, 1.82) is 0 Å². The van der Waals surface area contributed by atoms with Gasteiger partial charge in [-0.1, -0.05) is 30.1 Å². The van der Waals surface area contributed by atoms with Gasteiger partial charge in [0.2, 0.25) is 0 Å². The summed E-state index contributed by atoms with van der Waals surface area (Å²) in [6, 6.07) is 0. The molecule has 0 spiro atoms. The fourth-order valence-electron chi connectivity index (χ4n) is 0.720. The van der Waals surface area contributed by atoms with E-state index >= 15 is 0 Å². The van der Waals surface area contributed by atoms with Gasteiger partial charge in [0.15, 0.2) is 5.78 Å². The van der Waals surface area contributed by atoms with Crippen LogP contribution in [0.2, 0.25) is 0 Å². The maximum atomic E-state index is 11.2. The highest BCUT2D eigenvalue weighted by Crippen LogP contribution is 2.26. The Morgan fingerprint density at radius 3 is 2.23 bits per heavy atom. The number of halogens is 2. The van der Waals surface area contributed by atoms with Gasteiger partial charge in [0.05, 0.1) is 6.61 Å². The van der Waals surface area contributed by atoms with Crippen LogP contribution >= 0.6 is 23.2 Å². The van der Waals surface area contributed by atoms with Crippen molar-refractivity contribution in [2.45, 2.75) is 31.0 Å². The Labute approximate surface area is 87.3 Å². The number of carbonyl (C=O) groups is 2. The van der Waals surface area contributed by atoms with E-state index < -0.39 is 16.1 Å². The summed E-state index contributed by atoms with van der Waals surface area (Å²) < 4.78 is 2.51. The summed E-state index contributed by atoms with van der Waals surface area (Å²) in [5.41, 5.74) is 0. The number of alkyl halides is 2. The average Bonchev–Trinajstić information content (AvgIpc) is 2.05. The van der Waals surface area contributed by atoms with E-state index in [0.29, 0.717) is 6.42 Å². The lowest BCUT2D eigenvalue weighted by molar-refractivity contribution is -0.146. The molecule has 0 aromatic rings. The van der Waals surface area contributed by atoms with E-state index in [9.17, 15) is 9.59 Å². The third kappa shape index (κ3) is 3.53. The molecular weight excluding hydrogens is 215 g/mol. The number of rotatable bonds is 5. The summed E-state index contributed by atoms with van der Waals surface area (Å²) in [6.07, 6.45) is 0.769. The first-order valence-electron chi connectivity index (χ1n) is 4.05. The van der Waals surface area contributed by atoms with Gasteiger partial charge in [0.1, 0.15) is 0 Å². The predicted octanol–water partition coefficient (Wildman–Crippen LogP) is 2.09. The lowest BCUT2D eigenvalue weighted by Crippen LogP contribution is -2.37. The summed E-state index contributed by atoms with van der Waals surface area (Å²) in [7, 11) is 0.